The third-order valence-corrected chi connectivity index (χ3v) is 7.31. The van der Waals surface area contributed by atoms with Gasteiger partial charge >= 0.3 is 0 Å². The summed E-state index contributed by atoms with van der Waals surface area (Å²) in [7, 11) is -0.316. The Kier molecular flexibility index (Phi) is 5.60. The van der Waals surface area contributed by atoms with E-state index in [0.29, 0.717) is 12.0 Å². The minimum absolute atomic E-state index is 0.316. The molecule has 0 amide bonds. The zero-order valence-corrected chi connectivity index (χ0v) is 17.1. The summed E-state index contributed by atoms with van der Waals surface area (Å²) in [5.74, 6) is 0.637. The molecule has 2 heteroatoms. The van der Waals surface area contributed by atoms with Gasteiger partial charge in [0.1, 0.15) is 0 Å². The molecule has 1 heterocycles. The van der Waals surface area contributed by atoms with Crippen molar-refractivity contribution < 1.29 is 0 Å². The number of rotatable bonds is 4. The van der Waals surface area contributed by atoms with Crippen LogP contribution in [0, 0.1) is 12.8 Å². The standard InChI is InChI=1S/C23H30NSi/c1-16(2)21-14-22(24-15-23(21)25(4)5)20-12-11-19(13-17(20)3)18-9-7-6-8-10-18/h6-14,16,22-24H,15H2,1-5H3. The largest absolute Gasteiger partial charge is 0.306 e. The molecule has 2 unspecified atom stereocenters. The fourth-order valence-electron chi connectivity index (χ4n) is 3.90. The van der Waals surface area contributed by atoms with E-state index in [9.17, 15) is 0 Å². The first kappa shape index (κ1) is 18.2. The van der Waals surface area contributed by atoms with Crippen LogP contribution in [-0.2, 0) is 0 Å². The van der Waals surface area contributed by atoms with Gasteiger partial charge in [-0.3, -0.25) is 0 Å². The van der Waals surface area contributed by atoms with Crippen molar-refractivity contribution in [2.75, 3.05) is 6.54 Å². The third-order valence-electron chi connectivity index (χ3n) is 5.38. The number of hydrogen-bond donors (Lipinski definition) is 1. The van der Waals surface area contributed by atoms with Crippen LogP contribution in [0.3, 0.4) is 0 Å². The molecule has 131 valence electrons. The van der Waals surface area contributed by atoms with E-state index in [0.717, 1.165) is 12.1 Å². The van der Waals surface area contributed by atoms with Crippen LogP contribution in [0.2, 0.25) is 18.6 Å². The zero-order valence-electron chi connectivity index (χ0n) is 16.1. The lowest BCUT2D eigenvalue weighted by Gasteiger charge is -2.34. The van der Waals surface area contributed by atoms with Crippen molar-refractivity contribution >= 4 is 8.80 Å². The van der Waals surface area contributed by atoms with Crippen molar-refractivity contribution in [2.24, 2.45) is 5.92 Å². The van der Waals surface area contributed by atoms with Crippen LogP contribution >= 0.6 is 0 Å². The highest BCUT2D eigenvalue weighted by Crippen LogP contribution is 2.36. The molecule has 3 rings (SSSR count). The van der Waals surface area contributed by atoms with E-state index in [1.54, 1.807) is 5.57 Å². The number of nitrogens with one attached hydrogen (secondary N) is 1. The predicted molar refractivity (Wildman–Crippen MR) is 112 cm³/mol. The highest BCUT2D eigenvalue weighted by molar-refractivity contribution is 6.58. The second-order valence-electron chi connectivity index (χ2n) is 7.77. The summed E-state index contributed by atoms with van der Waals surface area (Å²) in [6.07, 6.45) is 2.51. The van der Waals surface area contributed by atoms with Crippen LogP contribution < -0.4 is 5.32 Å². The Bertz CT molecular complexity index is 746. The molecule has 0 aliphatic carbocycles. The zero-order chi connectivity index (χ0) is 18.0. The summed E-state index contributed by atoms with van der Waals surface area (Å²) in [5.41, 5.74) is 7.79. The number of hydrogen-bond acceptors (Lipinski definition) is 1. The van der Waals surface area contributed by atoms with Gasteiger partial charge in [0, 0.05) is 0 Å². The summed E-state index contributed by atoms with van der Waals surface area (Å²) in [5, 5.41) is 3.80. The van der Waals surface area contributed by atoms with Gasteiger partial charge in [-0.2, -0.15) is 0 Å². The van der Waals surface area contributed by atoms with E-state index in [2.05, 4.69) is 93.8 Å². The average molecular weight is 349 g/mol. The topological polar surface area (TPSA) is 12.0 Å². The molecule has 2 aromatic rings. The molecule has 1 aliphatic rings. The van der Waals surface area contributed by atoms with Crippen LogP contribution in [0.25, 0.3) is 11.1 Å². The summed E-state index contributed by atoms with van der Waals surface area (Å²) in [6.45, 7) is 12.9. The van der Waals surface area contributed by atoms with Crippen molar-refractivity contribution in [1.29, 1.82) is 0 Å². The Morgan fingerprint density at radius 2 is 1.72 bits per heavy atom. The van der Waals surface area contributed by atoms with E-state index in [1.807, 2.05) is 0 Å². The fourth-order valence-corrected chi connectivity index (χ4v) is 5.52. The lowest BCUT2D eigenvalue weighted by atomic mass is 9.89. The second kappa shape index (κ2) is 7.71. The lowest BCUT2D eigenvalue weighted by molar-refractivity contribution is 0.543. The predicted octanol–water partition coefficient (Wildman–Crippen LogP) is 6.01. The molecule has 1 N–H and O–H groups in total. The van der Waals surface area contributed by atoms with Crippen molar-refractivity contribution in [2.45, 2.75) is 45.4 Å². The van der Waals surface area contributed by atoms with Crippen LogP contribution in [-0.4, -0.2) is 15.3 Å². The van der Waals surface area contributed by atoms with E-state index < -0.39 is 0 Å². The molecule has 1 aliphatic heterocycles. The van der Waals surface area contributed by atoms with Gasteiger partial charge in [0.2, 0.25) is 0 Å². The molecule has 0 bridgehead atoms. The fraction of sp³-hybridized carbons (Fsp3) is 0.391. The summed E-state index contributed by atoms with van der Waals surface area (Å²) >= 11 is 0. The van der Waals surface area contributed by atoms with Gasteiger partial charge in [-0.05, 0) is 47.2 Å². The molecule has 0 fully saturated rings. The molecule has 1 radical (unpaired) electrons. The second-order valence-corrected chi connectivity index (χ2v) is 10.6. The van der Waals surface area contributed by atoms with Gasteiger partial charge in [-0.1, -0.05) is 87.1 Å². The van der Waals surface area contributed by atoms with Gasteiger partial charge in [-0.25, -0.2) is 0 Å². The van der Waals surface area contributed by atoms with Crippen LogP contribution in [0.5, 0.6) is 0 Å². The highest BCUT2D eigenvalue weighted by atomic mass is 28.3. The van der Waals surface area contributed by atoms with E-state index >= 15 is 0 Å². The van der Waals surface area contributed by atoms with E-state index in [4.69, 9.17) is 0 Å². The molecule has 0 saturated carbocycles. The Morgan fingerprint density at radius 1 is 1.00 bits per heavy atom. The van der Waals surface area contributed by atoms with E-state index in [-0.39, 0.29) is 8.80 Å². The minimum Gasteiger partial charge on any atom is -0.306 e. The Hall–Kier alpha value is -1.64. The molecule has 0 aromatic heterocycles. The van der Waals surface area contributed by atoms with E-state index in [1.165, 1.54) is 22.3 Å². The molecule has 2 atom stereocenters. The van der Waals surface area contributed by atoms with Crippen molar-refractivity contribution in [3.63, 3.8) is 0 Å². The first-order chi connectivity index (χ1) is 12.0. The maximum Gasteiger partial charge on any atom is 0.0511 e. The van der Waals surface area contributed by atoms with Crippen LogP contribution in [0.4, 0.5) is 0 Å². The SMILES string of the molecule is Cc1cc(-c2ccccc2)ccc1C1C=C(C(C)C)C([Si](C)C)CN1. The van der Waals surface area contributed by atoms with Gasteiger partial charge in [-0.15, -0.1) is 0 Å². The van der Waals surface area contributed by atoms with Crippen molar-refractivity contribution in [3.05, 3.63) is 71.3 Å². The monoisotopic (exact) mass is 348 g/mol. The molecular weight excluding hydrogens is 318 g/mol. The average Bonchev–Trinajstić information content (AvgIpc) is 2.61. The highest BCUT2D eigenvalue weighted by Gasteiger charge is 2.28. The van der Waals surface area contributed by atoms with Gasteiger partial charge < -0.3 is 5.32 Å². The van der Waals surface area contributed by atoms with Crippen molar-refractivity contribution in [1.82, 2.24) is 5.32 Å². The molecule has 0 saturated heterocycles. The third kappa shape index (κ3) is 3.96. The molecule has 1 nitrogen and oxygen atoms in total. The first-order valence-corrected chi connectivity index (χ1v) is 12.0. The van der Waals surface area contributed by atoms with Gasteiger partial charge in [0.05, 0.1) is 14.8 Å². The maximum atomic E-state index is 3.80. The normalized spacial score (nSPS) is 20.8. The van der Waals surface area contributed by atoms with Crippen LogP contribution in [0.15, 0.2) is 60.2 Å². The first-order valence-electron chi connectivity index (χ1n) is 9.38. The number of benzene rings is 2. The van der Waals surface area contributed by atoms with Crippen LogP contribution in [0.1, 0.15) is 31.0 Å². The lowest BCUT2D eigenvalue weighted by Crippen LogP contribution is -2.36. The Labute approximate surface area is 154 Å². The number of aryl methyl sites for hydroxylation is 1. The smallest absolute Gasteiger partial charge is 0.0511 e. The maximum absolute atomic E-state index is 3.80. The minimum atomic E-state index is -0.316. The van der Waals surface area contributed by atoms with Gasteiger partial charge in [0.15, 0.2) is 0 Å². The Balaban J connectivity index is 1.92. The molecule has 25 heavy (non-hydrogen) atoms. The summed E-state index contributed by atoms with van der Waals surface area (Å²) < 4.78 is 0. The Morgan fingerprint density at radius 3 is 2.32 bits per heavy atom. The summed E-state index contributed by atoms with van der Waals surface area (Å²) in [6, 6.07) is 17.9. The quantitative estimate of drug-likeness (QED) is 0.527. The molecular formula is C23H30NSi. The van der Waals surface area contributed by atoms with Gasteiger partial charge in [0.25, 0.3) is 0 Å². The van der Waals surface area contributed by atoms with Crippen molar-refractivity contribution in [3.8, 4) is 11.1 Å². The summed E-state index contributed by atoms with van der Waals surface area (Å²) in [4.78, 5) is 0. The molecule has 0 spiro atoms. The molecule has 2 aromatic carbocycles.